The van der Waals surface area contributed by atoms with Gasteiger partial charge < -0.3 is 11.1 Å². The summed E-state index contributed by atoms with van der Waals surface area (Å²) in [7, 11) is 0. The number of anilines is 1. The van der Waals surface area contributed by atoms with E-state index < -0.39 is 17.6 Å². The quantitative estimate of drug-likeness (QED) is 0.803. The van der Waals surface area contributed by atoms with Gasteiger partial charge in [-0.2, -0.15) is 13.2 Å². The minimum atomic E-state index is -4.52. The number of nitrogens with one attached hydrogen (secondary N) is 1. The van der Waals surface area contributed by atoms with Crippen LogP contribution in [0.2, 0.25) is 0 Å². The zero-order valence-corrected chi connectivity index (χ0v) is 9.60. The Labute approximate surface area is 102 Å². The van der Waals surface area contributed by atoms with Gasteiger partial charge in [-0.1, -0.05) is 0 Å². The third-order valence-corrected chi connectivity index (χ3v) is 3.21. The first-order valence-electron chi connectivity index (χ1n) is 5.77. The van der Waals surface area contributed by atoms with E-state index in [4.69, 9.17) is 5.73 Å². The molecule has 0 amide bonds. The number of nitrogens with two attached hydrogens (primary N) is 1. The molecule has 0 spiro atoms. The largest absolute Gasteiger partial charge is 0.416 e. The highest BCUT2D eigenvalue weighted by Gasteiger charge is 2.31. The normalized spacial score (nSPS) is 24.3. The van der Waals surface area contributed by atoms with E-state index in [1.54, 1.807) is 0 Å². The third kappa shape index (κ3) is 2.75. The van der Waals surface area contributed by atoms with Crippen LogP contribution in [0.3, 0.4) is 0 Å². The summed E-state index contributed by atoms with van der Waals surface area (Å²) < 4.78 is 50.6. The molecule has 2 atom stereocenters. The van der Waals surface area contributed by atoms with E-state index in [0.717, 1.165) is 31.4 Å². The number of hydrogen-bond acceptors (Lipinski definition) is 2. The van der Waals surface area contributed by atoms with E-state index in [-0.39, 0.29) is 17.8 Å². The maximum absolute atomic E-state index is 13.6. The molecule has 2 rings (SSSR count). The van der Waals surface area contributed by atoms with Crippen LogP contribution in [-0.2, 0) is 6.18 Å². The second-order valence-corrected chi connectivity index (χ2v) is 4.54. The van der Waals surface area contributed by atoms with Crippen molar-refractivity contribution < 1.29 is 17.6 Å². The first-order chi connectivity index (χ1) is 8.38. The summed E-state index contributed by atoms with van der Waals surface area (Å²) in [6, 6.07) is 2.33. The van der Waals surface area contributed by atoms with Gasteiger partial charge in [-0.05, 0) is 37.5 Å². The molecule has 1 aliphatic carbocycles. The van der Waals surface area contributed by atoms with Crippen LogP contribution in [0.4, 0.5) is 23.2 Å². The molecule has 6 heteroatoms. The van der Waals surface area contributed by atoms with Crippen molar-refractivity contribution in [2.24, 2.45) is 5.73 Å². The predicted octanol–water partition coefficient (Wildman–Crippen LogP) is 3.14. The second-order valence-electron chi connectivity index (χ2n) is 4.54. The van der Waals surface area contributed by atoms with Gasteiger partial charge in [-0.25, -0.2) is 4.39 Å². The van der Waals surface area contributed by atoms with Crippen molar-refractivity contribution in [3.8, 4) is 0 Å². The fourth-order valence-corrected chi connectivity index (χ4v) is 2.18. The van der Waals surface area contributed by atoms with Gasteiger partial charge in [-0.15, -0.1) is 0 Å². The molecule has 0 aromatic heterocycles. The maximum atomic E-state index is 13.6. The van der Waals surface area contributed by atoms with Gasteiger partial charge in [0.1, 0.15) is 5.82 Å². The Morgan fingerprint density at radius 2 is 1.94 bits per heavy atom. The lowest BCUT2D eigenvalue weighted by Gasteiger charge is -2.19. The van der Waals surface area contributed by atoms with E-state index in [2.05, 4.69) is 5.32 Å². The van der Waals surface area contributed by atoms with E-state index in [1.807, 2.05) is 0 Å². The van der Waals surface area contributed by atoms with E-state index in [1.165, 1.54) is 0 Å². The topological polar surface area (TPSA) is 38.0 Å². The molecule has 0 heterocycles. The lowest BCUT2D eigenvalue weighted by atomic mass is 10.1. The van der Waals surface area contributed by atoms with Crippen LogP contribution in [0.1, 0.15) is 24.8 Å². The fraction of sp³-hybridized carbons (Fsp3) is 0.500. The smallest absolute Gasteiger partial charge is 0.378 e. The van der Waals surface area contributed by atoms with E-state index in [0.29, 0.717) is 6.07 Å². The number of halogens is 4. The molecule has 1 fully saturated rings. The SMILES string of the molecule is NC1CCCC1Nc1ccc(C(F)(F)F)cc1F. The Kier molecular flexibility index (Phi) is 3.47. The zero-order chi connectivity index (χ0) is 13.3. The van der Waals surface area contributed by atoms with Crippen LogP contribution in [0, 0.1) is 5.82 Å². The average Bonchev–Trinajstić information content (AvgIpc) is 2.66. The summed E-state index contributed by atoms with van der Waals surface area (Å²) in [5.74, 6) is -0.899. The van der Waals surface area contributed by atoms with Crippen molar-refractivity contribution in [1.82, 2.24) is 0 Å². The van der Waals surface area contributed by atoms with Crippen LogP contribution in [0.5, 0.6) is 0 Å². The molecule has 2 nitrogen and oxygen atoms in total. The molecule has 0 aliphatic heterocycles. The Balaban J connectivity index is 2.15. The summed E-state index contributed by atoms with van der Waals surface area (Å²) in [6.45, 7) is 0. The highest BCUT2D eigenvalue weighted by Crippen LogP contribution is 2.32. The van der Waals surface area contributed by atoms with Crippen LogP contribution in [0.25, 0.3) is 0 Å². The standard InChI is InChI=1S/C12H14F4N2/c13-8-6-7(12(14,15)16)4-5-10(8)18-11-3-1-2-9(11)17/h4-6,9,11,18H,1-3,17H2. The van der Waals surface area contributed by atoms with Crippen molar-refractivity contribution in [3.05, 3.63) is 29.6 Å². The molecule has 18 heavy (non-hydrogen) atoms. The molecule has 0 bridgehead atoms. The summed E-state index contributed by atoms with van der Waals surface area (Å²) in [5, 5.41) is 2.87. The monoisotopic (exact) mass is 262 g/mol. The Morgan fingerprint density at radius 1 is 1.22 bits per heavy atom. The fourth-order valence-electron chi connectivity index (χ4n) is 2.18. The number of hydrogen-bond donors (Lipinski definition) is 2. The Hall–Kier alpha value is -1.30. The first-order valence-corrected chi connectivity index (χ1v) is 5.77. The van der Waals surface area contributed by atoms with Crippen LogP contribution >= 0.6 is 0 Å². The van der Waals surface area contributed by atoms with Crippen molar-refractivity contribution in [3.63, 3.8) is 0 Å². The highest BCUT2D eigenvalue weighted by molar-refractivity contribution is 5.48. The van der Waals surface area contributed by atoms with Gasteiger partial charge >= 0.3 is 6.18 Å². The number of rotatable bonds is 2. The van der Waals surface area contributed by atoms with Crippen molar-refractivity contribution in [2.45, 2.75) is 37.5 Å². The van der Waals surface area contributed by atoms with Crippen molar-refractivity contribution in [2.75, 3.05) is 5.32 Å². The Morgan fingerprint density at radius 3 is 2.44 bits per heavy atom. The molecule has 0 radical (unpaired) electrons. The zero-order valence-electron chi connectivity index (χ0n) is 9.60. The first kappa shape index (κ1) is 13.1. The highest BCUT2D eigenvalue weighted by atomic mass is 19.4. The number of benzene rings is 1. The molecule has 1 aliphatic rings. The van der Waals surface area contributed by atoms with Gasteiger partial charge in [0.2, 0.25) is 0 Å². The second kappa shape index (κ2) is 4.76. The maximum Gasteiger partial charge on any atom is 0.416 e. The predicted molar refractivity (Wildman–Crippen MR) is 60.6 cm³/mol. The lowest BCUT2D eigenvalue weighted by Crippen LogP contribution is -2.35. The summed E-state index contributed by atoms with van der Waals surface area (Å²) in [4.78, 5) is 0. The van der Waals surface area contributed by atoms with Gasteiger partial charge in [0, 0.05) is 12.1 Å². The molecule has 1 saturated carbocycles. The lowest BCUT2D eigenvalue weighted by molar-refractivity contribution is -0.137. The summed E-state index contributed by atoms with van der Waals surface area (Å²) in [6.07, 6.45) is -1.92. The van der Waals surface area contributed by atoms with Gasteiger partial charge in [0.15, 0.2) is 0 Å². The van der Waals surface area contributed by atoms with Crippen molar-refractivity contribution in [1.29, 1.82) is 0 Å². The molecule has 3 N–H and O–H groups in total. The minimum absolute atomic E-state index is 0.0729. The van der Waals surface area contributed by atoms with E-state index >= 15 is 0 Å². The third-order valence-electron chi connectivity index (χ3n) is 3.21. The number of alkyl halides is 3. The van der Waals surface area contributed by atoms with E-state index in [9.17, 15) is 17.6 Å². The van der Waals surface area contributed by atoms with Gasteiger partial charge in [-0.3, -0.25) is 0 Å². The minimum Gasteiger partial charge on any atom is -0.378 e. The molecular formula is C12H14F4N2. The van der Waals surface area contributed by atoms with Gasteiger partial charge in [0.05, 0.1) is 11.3 Å². The van der Waals surface area contributed by atoms with Crippen molar-refractivity contribution >= 4 is 5.69 Å². The summed E-state index contributed by atoms with van der Waals surface area (Å²) in [5.41, 5.74) is 4.90. The summed E-state index contributed by atoms with van der Waals surface area (Å²) >= 11 is 0. The van der Waals surface area contributed by atoms with Crippen LogP contribution in [0.15, 0.2) is 18.2 Å². The molecule has 1 aromatic carbocycles. The van der Waals surface area contributed by atoms with Gasteiger partial charge in [0.25, 0.3) is 0 Å². The molecule has 100 valence electrons. The molecular weight excluding hydrogens is 248 g/mol. The molecule has 0 saturated heterocycles. The van der Waals surface area contributed by atoms with Crippen LogP contribution < -0.4 is 11.1 Å². The average molecular weight is 262 g/mol. The van der Waals surface area contributed by atoms with Crippen LogP contribution in [-0.4, -0.2) is 12.1 Å². The Bertz CT molecular complexity index is 431. The molecule has 2 unspecified atom stereocenters. The molecule has 1 aromatic rings.